The number of benzene rings is 1. The number of hydrogen-bond acceptors (Lipinski definition) is 5. The average Bonchev–Trinajstić information content (AvgIpc) is 3.20. The van der Waals surface area contributed by atoms with Crippen LogP contribution in [0.2, 0.25) is 0 Å². The molecule has 29 heavy (non-hydrogen) atoms. The highest BCUT2D eigenvalue weighted by Crippen LogP contribution is 2.36. The fourth-order valence-corrected chi connectivity index (χ4v) is 3.64. The van der Waals surface area contributed by atoms with E-state index in [0.717, 1.165) is 52.7 Å². The minimum atomic E-state index is -4.36. The minimum absolute atomic E-state index is 0.204. The van der Waals surface area contributed by atoms with E-state index in [9.17, 15) is 13.2 Å². The molecule has 0 radical (unpaired) electrons. The number of aromatic nitrogens is 5. The molecule has 2 N–H and O–H groups in total. The molecule has 5 rings (SSSR count). The summed E-state index contributed by atoms with van der Waals surface area (Å²) < 4.78 is 38.6. The third-order valence-corrected chi connectivity index (χ3v) is 5.03. The van der Waals surface area contributed by atoms with Gasteiger partial charge in [-0.3, -0.25) is 5.10 Å². The lowest BCUT2D eigenvalue weighted by molar-refractivity contribution is -0.137. The molecule has 0 unspecified atom stereocenters. The van der Waals surface area contributed by atoms with Crippen molar-refractivity contribution in [1.82, 2.24) is 25.1 Å². The molecule has 0 aliphatic heterocycles. The van der Waals surface area contributed by atoms with Crippen molar-refractivity contribution in [1.29, 1.82) is 0 Å². The second kappa shape index (κ2) is 6.54. The van der Waals surface area contributed by atoms with E-state index in [1.54, 1.807) is 18.5 Å². The van der Waals surface area contributed by atoms with Crippen molar-refractivity contribution in [3.05, 3.63) is 65.2 Å². The number of aromatic amines is 1. The maximum Gasteiger partial charge on any atom is 0.416 e. The fourth-order valence-electron chi connectivity index (χ4n) is 3.64. The summed E-state index contributed by atoms with van der Waals surface area (Å²) in [5.74, 6) is 0.391. The van der Waals surface area contributed by atoms with Gasteiger partial charge in [0.1, 0.15) is 0 Å². The van der Waals surface area contributed by atoms with Crippen LogP contribution in [0.5, 0.6) is 0 Å². The Morgan fingerprint density at radius 1 is 1.07 bits per heavy atom. The van der Waals surface area contributed by atoms with E-state index in [1.807, 2.05) is 6.20 Å². The van der Waals surface area contributed by atoms with Gasteiger partial charge in [-0.15, -0.1) is 0 Å². The van der Waals surface area contributed by atoms with Gasteiger partial charge in [-0.25, -0.2) is 15.0 Å². The SMILES string of the molecule is FC(F)(F)c1cccc(CNc2ncc3c(n2)CCc2cnc4[nH]ncc4c2-3)c1. The maximum absolute atomic E-state index is 12.9. The monoisotopic (exact) mass is 396 g/mol. The highest BCUT2D eigenvalue weighted by molar-refractivity contribution is 5.95. The maximum atomic E-state index is 12.9. The highest BCUT2D eigenvalue weighted by atomic mass is 19.4. The van der Waals surface area contributed by atoms with Gasteiger partial charge in [-0.05, 0) is 36.1 Å². The summed E-state index contributed by atoms with van der Waals surface area (Å²) in [6.45, 7) is 0.204. The summed E-state index contributed by atoms with van der Waals surface area (Å²) in [7, 11) is 0. The molecule has 3 aromatic heterocycles. The second-order valence-corrected chi connectivity index (χ2v) is 6.90. The third kappa shape index (κ3) is 3.18. The number of H-pyrrole nitrogens is 1. The lowest BCUT2D eigenvalue weighted by Crippen LogP contribution is -2.11. The van der Waals surface area contributed by atoms with Crippen molar-refractivity contribution < 1.29 is 13.2 Å². The van der Waals surface area contributed by atoms with Crippen LogP contribution in [0.1, 0.15) is 22.4 Å². The first kappa shape index (κ1) is 17.6. The third-order valence-electron chi connectivity index (χ3n) is 5.03. The molecule has 3 heterocycles. The van der Waals surface area contributed by atoms with Crippen LogP contribution in [-0.2, 0) is 25.6 Å². The Balaban J connectivity index is 1.42. The van der Waals surface area contributed by atoms with Crippen LogP contribution in [0.3, 0.4) is 0 Å². The van der Waals surface area contributed by atoms with E-state index in [0.29, 0.717) is 17.2 Å². The number of hydrogen-bond donors (Lipinski definition) is 2. The number of pyridine rings is 1. The van der Waals surface area contributed by atoms with Crippen molar-refractivity contribution in [3.8, 4) is 11.1 Å². The predicted molar refractivity (Wildman–Crippen MR) is 101 cm³/mol. The molecule has 6 nitrogen and oxygen atoms in total. The normalized spacial score (nSPS) is 13.2. The molecule has 0 amide bonds. The highest BCUT2D eigenvalue weighted by Gasteiger charge is 2.30. The van der Waals surface area contributed by atoms with Crippen LogP contribution in [0.4, 0.5) is 19.1 Å². The molecule has 0 saturated heterocycles. The van der Waals surface area contributed by atoms with Gasteiger partial charge in [0, 0.05) is 35.5 Å². The smallest absolute Gasteiger partial charge is 0.350 e. The molecule has 0 saturated carbocycles. The molecule has 4 aromatic rings. The summed E-state index contributed by atoms with van der Waals surface area (Å²) in [5.41, 5.74) is 4.55. The molecule has 0 spiro atoms. The summed E-state index contributed by atoms with van der Waals surface area (Å²) in [6, 6.07) is 5.22. The minimum Gasteiger partial charge on any atom is -0.350 e. The molecule has 0 atom stereocenters. The lowest BCUT2D eigenvalue weighted by atomic mass is 9.89. The lowest BCUT2D eigenvalue weighted by Gasteiger charge is -2.19. The summed E-state index contributed by atoms with van der Waals surface area (Å²) in [4.78, 5) is 13.3. The zero-order valence-corrected chi connectivity index (χ0v) is 15.1. The molecule has 1 aliphatic rings. The molecular weight excluding hydrogens is 381 g/mol. The number of rotatable bonds is 3. The van der Waals surface area contributed by atoms with Gasteiger partial charge in [-0.2, -0.15) is 18.3 Å². The van der Waals surface area contributed by atoms with Crippen molar-refractivity contribution >= 4 is 17.0 Å². The number of nitrogens with zero attached hydrogens (tertiary/aromatic N) is 4. The Hall–Kier alpha value is -3.49. The van der Waals surface area contributed by atoms with Crippen LogP contribution < -0.4 is 5.32 Å². The van der Waals surface area contributed by atoms with Gasteiger partial charge in [-0.1, -0.05) is 12.1 Å². The first-order valence-electron chi connectivity index (χ1n) is 9.06. The van der Waals surface area contributed by atoms with E-state index in [-0.39, 0.29) is 6.54 Å². The number of aryl methyl sites for hydroxylation is 2. The van der Waals surface area contributed by atoms with Crippen molar-refractivity contribution in [2.24, 2.45) is 0 Å². The van der Waals surface area contributed by atoms with Gasteiger partial charge < -0.3 is 5.32 Å². The summed E-state index contributed by atoms with van der Waals surface area (Å²) in [6.07, 6.45) is 2.53. The Bertz CT molecular complexity index is 1210. The van der Waals surface area contributed by atoms with Crippen LogP contribution in [0.25, 0.3) is 22.2 Å². The molecular formula is C20H15F3N6. The second-order valence-electron chi connectivity index (χ2n) is 6.90. The van der Waals surface area contributed by atoms with E-state index in [2.05, 4.69) is 30.5 Å². The molecule has 1 aromatic carbocycles. The quantitative estimate of drug-likeness (QED) is 0.544. The topological polar surface area (TPSA) is 79.4 Å². The molecule has 9 heteroatoms. The van der Waals surface area contributed by atoms with Crippen LogP contribution >= 0.6 is 0 Å². The predicted octanol–water partition coefficient (Wildman–Crippen LogP) is 4.14. The van der Waals surface area contributed by atoms with Crippen LogP contribution in [-0.4, -0.2) is 25.1 Å². The van der Waals surface area contributed by atoms with Crippen LogP contribution in [0, 0.1) is 0 Å². The number of fused-ring (bicyclic) bond motifs is 5. The van der Waals surface area contributed by atoms with E-state index in [4.69, 9.17) is 0 Å². The number of halogens is 3. The Kier molecular flexibility index (Phi) is 3.97. The Morgan fingerprint density at radius 3 is 2.83 bits per heavy atom. The first-order chi connectivity index (χ1) is 14.0. The number of nitrogens with one attached hydrogen (secondary N) is 2. The van der Waals surface area contributed by atoms with Gasteiger partial charge in [0.05, 0.1) is 17.5 Å². The fraction of sp³-hybridized carbons (Fsp3) is 0.200. The van der Waals surface area contributed by atoms with Gasteiger partial charge >= 0.3 is 6.18 Å². The summed E-state index contributed by atoms with van der Waals surface area (Å²) in [5, 5.41) is 10.9. The Labute approximate surface area is 163 Å². The Morgan fingerprint density at radius 2 is 1.97 bits per heavy atom. The first-order valence-corrected chi connectivity index (χ1v) is 9.06. The van der Waals surface area contributed by atoms with Gasteiger partial charge in [0.2, 0.25) is 5.95 Å². The molecule has 0 fully saturated rings. The van der Waals surface area contributed by atoms with E-state index >= 15 is 0 Å². The zero-order chi connectivity index (χ0) is 20.0. The van der Waals surface area contributed by atoms with Gasteiger partial charge in [0.15, 0.2) is 5.65 Å². The van der Waals surface area contributed by atoms with Gasteiger partial charge in [0.25, 0.3) is 0 Å². The standard InChI is InChI=1S/C20H15F3N6/c21-20(22,23)13-3-1-2-11(6-13)7-25-19-26-9-14-16(28-19)5-4-12-8-24-18-15(17(12)14)10-27-29-18/h1-3,6,8-10H,4-5,7H2,(H,24,27,29)(H,25,26,28). The van der Waals surface area contributed by atoms with E-state index < -0.39 is 11.7 Å². The largest absolute Gasteiger partial charge is 0.416 e. The van der Waals surface area contributed by atoms with Crippen molar-refractivity contribution in [2.75, 3.05) is 5.32 Å². The molecule has 1 aliphatic carbocycles. The van der Waals surface area contributed by atoms with Crippen molar-refractivity contribution in [2.45, 2.75) is 25.6 Å². The molecule has 146 valence electrons. The molecule has 0 bridgehead atoms. The average molecular weight is 396 g/mol. The van der Waals surface area contributed by atoms with E-state index in [1.165, 1.54) is 6.07 Å². The number of alkyl halides is 3. The van der Waals surface area contributed by atoms with Crippen molar-refractivity contribution in [3.63, 3.8) is 0 Å². The zero-order valence-electron chi connectivity index (χ0n) is 15.1. The van der Waals surface area contributed by atoms with Crippen LogP contribution in [0.15, 0.2) is 42.9 Å². The number of anilines is 1. The summed E-state index contributed by atoms with van der Waals surface area (Å²) >= 11 is 0.